The molecule has 0 radical (unpaired) electrons. The fraction of sp³-hybridized carbons (Fsp3) is 0.875. The summed E-state index contributed by atoms with van der Waals surface area (Å²) in [5.74, 6) is -0.945. The Morgan fingerprint density at radius 1 is 1.33 bits per heavy atom. The fourth-order valence-corrected chi connectivity index (χ4v) is 2.75. The minimum Gasteiger partial charge on any atom is -0.481 e. The van der Waals surface area contributed by atoms with E-state index in [9.17, 15) is 9.59 Å². The van der Waals surface area contributed by atoms with Crippen molar-refractivity contribution in [2.75, 3.05) is 6.61 Å². The molecule has 21 heavy (non-hydrogen) atoms. The summed E-state index contributed by atoms with van der Waals surface area (Å²) in [7, 11) is 0. The Balaban J connectivity index is 2.37. The Kier molecular flexibility index (Phi) is 7.15. The van der Waals surface area contributed by atoms with Crippen LogP contribution < -0.4 is 5.32 Å². The first kappa shape index (κ1) is 18.0. The molecule has 0 saturated carbocycles. The van der Waals surface area contributed by atoms with Gasteiger partial charge in [-0.15, -0.1) is 0 Å². The predicted molar refractivity (Wildman–Crippen MR) is 81.1 cm³/mol. The van der Waals surface area contributed by atoms with Gasteiger partial charge in [0.2, 0.25) is 5.91 Å². The van der Waals surface area contributed by atoms with Gasteiger partial charge in [0.1, 0.15) is 0 Å². The Hall–Kier alpha value is -1.10. The molecule has 5 heteroatoms. The van der Waals surface area contributed by atoms with Crippen molar-refractivity contribution < 1.29 is 19.4 Å². The zero-order valence-corrected chi connectivity index (χ0v) is 13.5. The van der Waals surface area contributed by atoms with Gasteiger partial charge in [-0.25, -0.2) is 0 Å². The number of ether oxygens (including phenoxy) is 1. The molecule has 1 fully saturated rings. The van der Waals surface area contributed by atoms with Gasteiger partial charge >= 0.3 is 5.97 Å². The van der Waals surface area contributed by atoms with Crippen LogP contribution in [-0.2, 0) is 14.3 Å². The van der Waals surface area contributed by atoms with Crippen molar-refractivity contribution in [2.45, 2.75) is 77.9 Å². The fourth-order valence-electron chi connectivity index (χ4n) is 2.75. The van der Waals surface area contributed by atoms with Crippen LogP contribution in [0.4, 0.5) is 0 Å². The quantitative estimate of drug-likeness (QED) is 0.758. The molecule has 0 aromatic carbocycles. The minimum absolute atomic E-state index is 0.0140. The van der Waals surface area contributed by atoms with E-state index in [0.29, 0.717) is 12.8 Å². The predicted octanol–water partition coefficient (Wildman–Crippen LogP) is 2.73. The molecule has 2 atom stereocenters. The van der Waals surface area contributed by atoms with Crippen LogP contribution in [0.3, 0.4) is 0 Å². The maximum atomic E-state index is 12.0. The van der Waals surface area contributed by atoms with Gasteiger partial charge in [-0.1, -0.05) is 20.8 Å². The standard InChI is InChI=1S/C16H29NO4/c1-16(2,3)11-12(10-15(19)20)17-14(18)8-7-13-6-4-5-9-21-13/h12-13H,4-11H2,1-3H3,(H,17,18)(H,19,20). The third-order valence-corrected chi connectivity index (χ3v) is 3.61. The number of aliphatic carboxylic acids is 1. The van der Waals surface area contributed by atoms with E-state index in [4.69, 9.17) is 9.84 Å². The Bertz CT molecular complexity index is 343. The zero-order valence-electron chi connectivity index (χ0n) is 13.5. The Morgan fingerprint density at radius 2 is 2.05 bits per heavy atom. The molecule has 1 rings (SSSR count). The highest BCUT2D eigenvalue weighted by Crippen LogP contribution is 2.22. The molecule has 0 bridgehead atoms. The highest BCUT2D eigenvalue weighted by molar-refractivity contribution is 5.77. The molecule has 1 aliphatic rings. The van der Waals surface area contributed by atoms with Gasteiger partial charge in [0.15, 0.2) is 0 Å². The van der Waals surface area contributed by atoms with E-state index in [0.717, 1.165) is 32.3 Å². The first-order valence-electron chi connectivity index (χ1n) is 7.89. The molecule has 0 aromatic rings. The summed E-state index contributed by atoms with van der Waals surface area (Å²) in [6, 6.07) is -0.303. The maximum absolute atomic E-state index is 12.0. The number of carbonyl (C=O) groups excluding carboxylic acids is 1. The van der Waals surface area contributed by atoms with E-state index in [-0.39, 0.29) is 29.9 Å². The summed E-state index contributed by atoms with van der Waals surface area (Å²) >= 11 is 0. The normalized spacial score (nSPS) is 20.8. The van der Waals surface area contributed by atoms with Gasteiger partial charge in [-0.3, -0.25) is 9.59 Å². The van der Waals surface area contributed by atoms with Crippen molar-refractivity contribution in [1.29, 1.82) is 0 Å². The van der Waals surface area contributed by atoms with Crippen LogP contribution in [0.25, 0.3) is 0 Å². The zero-order chi connectivity index (χ0) is 15.9. The van der Waals surface area contributed by atoms with Crippen LogP contribution >= 0.6 is 0 Å². The van der Waals surface area contributed by atoms with Gasteiger partial charge < -0.3 is 15.2 Å². The Labute approximate surface area is 127 Å². The van der Waals surface area contributed by atoms with Crippen LogP contribution in [0.2, 0.25) is 0 Å². The summed E-state index contributed by atoms with van der Waals surface area (Å²) in [5.41, 5.74) is -0.0140. The van der Waals surface area contributed by atoms with Crippen molar-refractivity contribution in [1.82, 2.24) is 5.32 Å². The topological polar surface area (TPSA) is 75.6 Å². The number of hydrogen-bond donors (Lipinski definition) is 2. The van der Waals surface area contributed by atoms with E-state index >= 15 is 0 Å². The number of nitrogens with one attached hydrogen (secondary N) is 1. The lowest BCUT2D eigenvalue weighted by Gasteiger charge is -2.26. The number of carboxylic acids is 1. The third kappa shape index (κ3) is 8.71. The highest BCUT2D eigenvalue weighted by Gasteiger charge is 2.23. The minimum atomic E-state index is -0.875. The molecule has 0 aliphatic carbocycles. The summed E-state index contributed by atoms with van der Waals surface area (Å²) in [5, 5.41) is 11.8. The van der Waals surface area contributed by atoms with Crippen LogP contribution in [0, 0.1) is 5.41 Å². The second kappa shape index (κ2) is 8.37. The van der Waals surface area contributed by atoms with E-state index < -0.39 is 5.97 Å². The lowest BCUT2D eigenvalue weighted by molar-refractivity contribution is -0.138. The van der Waals surface area contributed by atoms with Crippen molar-refractivity contribution in [3.8, 4) is 0 Å². The van der Waals surface area contributed by atoms with Gasteiger partial charge in [0.25, 0.3) is 0 Å². The summed E-state index contributed by atoms with van der Waals surface area (Å²) < 4.78 is 5.60. The van der Waals surface area contributed by atoms with Crippen molar-refractivity contribution in [3.63, 3.8) is 0 Å². The van der Waals surface area contributed by atoms with E-state index in [2.05, 4.69) is 5.32 Å². The second-order valence-electron chi connectivity index (χ2n) is 7.15. The molecular weight excluding hydrogens is 270 g/mol. The van der Waals surface area contributed by atoms with Crippen molar-refractivity contribution in [2.24, 2.45) is 5.41 Å². The first-order chi connectivity index (χ1) is 9.76. The average Bonchev–Trinajstić information content (AvgIpc) is 2.34. The molecule has 1 amide bonds. The van der Waals surface area contributed by atoms with Gasteiger partial charge in [0, 0.05) is 19.1 Å². The van der Waals surface area contributed by atoms with Gasteiger partial charge in [0.05, 0.1) is 12.5 Å². The summed E-state index contributed by atoms with van der Waals surface area (Å²) in [4.78, 5) is 22.9. The number of rotatable bonds is 7. The van der Waals surface area contributed by atoms with Crippen LogP contribution in [0.15, 0.2) is 0 Å². The molecule has 2 unspecified atom stereocenters. The third-order valence-electron chi connectivity index (χ3n) is 3.61. The SMILES string of the molecule is CC(C)(C)CC(CC(=O)O)NC(=O)CCC1CCCCO1. The molecule has 122 valence electrons. The van der Waals surface area contributed by atoms with Crippen LogP contribution in [0.5, 0.6) is 0 Å². The molecular formula is C16H29NO4. The average molecular weight is 299 g/mol. The van der Waals surface area contributed by atoms with Gasteiger partial charge in [-0.2, -0.15) is 0 Å². The lowest BCUT2D eigenvalue weighted by atomic mass is 9.87. The summed E-state index contributed by atoms with van der Waals surface area (Å²) in [6.07, 6.45) is 5.24. The molecule has 1 aliphatic heterocycles. The largest absolute Gasteiger partial charge is 0.481 e. The van der Waals surface area contributed by atoms with Crippen LogP contribution in [0.1, 0.15) is 65.7 Å². The number of carboxylic acid groups (broad SMARTS) is 1. The Morgan fingerprint density at radius 3 is 2.57 bits per heavy atom. The monoisotopic (exact) mass is 299 g/mol. The van der Waals surface area contributed by atoms with Crippen molar-refractivity contribution in [3.05, 3.63) is 0 Å². The van der Waals surface area contributed by atoms with E-state index in [1.54, 1.807) is 0 Å². The second-order valence-corrected chi connectivity index (χ2v) is 7.15. The van der Waals surface area contributed by atoms with E-state index in [1.165, 1.54) is 0 Å². The first-order valence-corrected chi connectivity index (χ1v) is 7.89. The smallest absolute Gasteiger partial charge is 0.305 e. The molecule has 2 N–H and O–H groups in total. The lowest BCUT2D eigenvalue weighted by Crippen LogP contribution is -2.39. The van der Waals surface area contributed by atoms with Crippen LogP contribution in [-0.4, -0.2) is 35.7 Å². The number of hydrogen-bond acceptors (Lipinski definition) is 3. The highest BCUT2D eigenvalue weighted by atomic mass is 16.5. The maximum Gasteiger partial charge on any atom is 0.305 e. The molecule has 1 heterocycles. The van der Waals surface area contributed by atoms with E-state index in [1.807, 2.05) is 20.8 Å². The molecule has 0 spiro atoms. The molecule has 5 nitrogen and oxygen atoms in total. The molecule has 0 aromatic heterocycles. The van der Waals surface area contributed by atoms with Crippen molar-refractivity contribution >= 4 is 11.9 Å². The molecule has 1 saturated heterocycles. The number of carbonyl (C=O) groups is 2. The summed E-state index contributed by atoms with van der Waals surface area (Å²) in [6.45, 7) is 6.93. The number of amides is 1. The van der Waals surface area contributed by atoms with Gasteiger partial charge in [-0.05, 0) is 37.5 Å².